The van der Waals surface area contributed by atoms with E-state index >= 15 is 0 Å². The molecule has 0 bridgehead atoms. The number of amidine groups is 1. The number of hydrogen-bond acceptors (Lipinski definition) is 5. The van der Waals surface area contributed by atoms with Crippen molar-refractivity contribution in [2.24, 2.45) is 10.9 Å². The maximum atomic E-state index is 12.3. The third-order valence-electron chi connectivity index (χ3n) is 3.73. The second-order valence-corrected chi connectivity index (χ2v) is 5.06. The summed E-state index contributed by atoms with van der Waals surface area (Å²) in [6, 6.07) is 0. The van der Waals surface area contributed by atoms with Crippen molar-refractivity contribution in [3.05, 3.63) is 24.3 Å². The molecule has 1 saturated carbocycles. The van der Waals surface area contributed by atoms with E-state index in [2.05, 4.69) is 20.4 Å². The normalized spacial score (nSPS) is 19.1. The lowest BCUT2D eigenvalue weighted by atomic mass is 9.88. The number of hydrogen-bond donors (Lipinski definition) is 3. The van der Waals surface area contributed by atoms with Crippen LogP contribution in [0.2, 0.25) is 0 Å². The van der Waals surface area contributed by atoms with Gasteiger partial charge in [-0.25, -0.2) is 9.97 Å². The highest BCUT2D eigenvalue weighted by Crippen LogP contribution is 2.27. The number of carbonyl (C=O) groups is 1. The molecule has 1 aliphatic carbocycles. The van der Waals surface area contributed by atoms with Crippen molar-refractivity contribution in [1.29, 1.82) is 0 Å². The monoisotopic (exact) mass is 277 g/mol. The van der Waals surface area contributed by atoms with Gasteiger partial charge < -0.3 is 16.3 Å². The van der Waals surface area contributed by atoms with Gasteiger partial charge in [-0.2, -0.15) is 0 Å². The lowest BCUT2D eigenvalue weighted by Gasteiger charge is -2.32. The van der Waals surface area contributed by atoms with Crippen LogP contribution in [0.3, 0.4) is 0 Å². The van der Waals surface area contributed by atoms with Crippen LogP contribution in [0, 0.1) is 0 Å². The van der Waals surface area contributed by atoms with Gasteiger partial charge in [0.2, 0.25) is 0 Å². The third-order valence-corrected chi connectivity index (χ3v) is 3.73. The molecule has 7 nitrogen and oxygen atoms in total. The van der Waals surface area contributed by atoms with Crippen LogP contribution >= 0.6 is 0 Å². The topological polar surface area (TPSA) is 113 Å². The molecule has 0 atom stereocenters. The lowest BCUT2D eigenvalue weighted by molar-refractivity contribution is 0.0914. The van der Waals surface area contributed by atoms with Crippen LogP contribution < -0.4 is 11.1 Å². The lowest BCUT2D eigenvalue weighted by Crippen LogP contribution is -2.57. The first-order chi connectivity index (χ1) is 9.68. The maximum absolute atomic E-state index is 12.3. The van der Waals surface area contributed by atoms with E-state index in [1.165, 1.54) is 18.7 Å². The van der Waals surface area contributed by atoms with Crippen molar-refractivity contribution in [2.45, 2.75) is 44.1 Å². The van der Waals surface area contributed by atoms with Crippen LogP contribution in [0.4, 0.5) is 0 Å². The predicted octanol–water partition coefficient (Wildman–Crippen LogP) is 1.05. The first-order valence-electron chi connectivity index (χ1n) is 6.73. The molecule has 1 aromatic heterocycles. The molecule has 0 spiro atoms. The Hall–Kier alpha value is -2.18. The van der Waals surface area contributed by atoms with Gasteiger partial charge in [0.15, 0.2) is 5.84 Å². The van der Waals surface area contributed by atoms with Crippen molar-refractivity contribution >= 4 is 11.7 Å². The van der Waals surface area contributed by atoms with E-state index in [-0.39, 0.29) is 11.7 Å². The zero-order valence-corrected chi connectivity index (χ0v) is 11.2. The molecule has 0 unspecified atom stereocenters. The van der Waals surface area contributed by atoms with Crippen molar-refractivity contribution in [2.75, 3.05) is 0 Å². The maximum Gasteiger partial charge on any atom is 0.255 e. The number of amides is 1. The zero-order valence-electron chi connectivity index (χ0n) is 11.2. The summed E-state index contributed by atoms with van der Waals surface area (Å²) >= 11 is 0. The number of aromatic nitrogens is 2. The summed E-state index contributed by atoms with van der Waals surface area (Å²) < 4.78 is 0. The standard InChI is InChI=1S/C13H19N5O2/c14-12(18-20)13(5-3-1-2-4-6-13)17-11(19)10-7-15-9-16-8-10/h7-9,20H,1-6H2,(H2,14,18)(H,17,19). The van der Waals surface area contributed by atoms with Gasteiger partial charge in [-0.1, -0.05) is 30.8 Å². The molecule has 0 aromatic carbocycles. The summed E-state index contributed by atoms with van der Waals surface area (Å²) in [5.41, 5.74) is 5.42. The summed E-state index contributed by atoms with van der Waals surface area (Å²) in [7, 11) is 0. The Labute approximate surface area is 117 Å². The summed E-state index contributed by atoms with van der Waals surface area (Å²) in [4.78, 5) is 19.9. The summed E-state index contributed by atoms with van der Waals surface area (Å²) in [5.74, 6) is -0.247. The number of nitrogens with one attached hydrogen (secondary N) is 1. The van der Waals surface area contributed by atoms with Crippen LogP contribution in [0.15, 0.2) is 23.9 Å². The number of rotatable bonds is 3. The van der Waals surface area contributed by atoms with Crippen molar-refractivity contribution in [1.82, 2.24) is 15.3 Å². The second kappa shape index (κ2) is 6.31. The van der Waals surface area contributed by atoms with Gasteiger partial charge in [-0.15, -0.1) is 0 Å². The van der Waals surface area contributed by atoms with Gasteiger partial charge >= 0.3 is 0 Å². The molecule has 1 aliphatic rings. The predicted molar refractivity (Wildman–Crippen MR) is 73.3 cm³/mol. The van der Waals surface area contributed by atoms with Gasteiger partial charge in [-0.05, 0) is 12.8 Å². The van der Waals surface area contributed by atoms with Crippen molar-refractivity contribution in [3.8, 4) is 0 Å². The highest BCUT2D eigenvalue weighted by molar-refractivity contribution is 5.99. The SMILES string of the molecule is NC(=NO)C1(NC(=O)c2cncnc2)CCCCCC1. The minimum atomic E-state index is -0.780. The number of nitrogens with two attached hydrogens (primary N) is 1. The molecule has 0 radical (unpaired) electrons. The Morgan fingerprint density at radius 1 is 1.25 bits per heavy atom. The Kier molecular flexibility index (Phi) is 4.49. The largest absolute Gasteiger partial charge is 0.409 e. The van der Waals surface area contributed by atoms with Crippen LogP contribution in [-0.2, 0) is 0 Å². The molecule has 1 amide bonds. The molecule has 108 valence electrons. The van der Waals surface area contributed by atoms with Crippen molar-refractivity contribution in [3.63, 3.8) is 0 Å². The third kappa shape index (κ3) is 3.04. The molecule has 0 saturated heterocycles. The smallest absolute Gasteiger partial charge is 0.255 e. The molecule has 1 aromatic rings. The molecule has 4 N–H and O–H groups in total. The second-order valence-electron chi connectivity index (χ2n) is 5.06. The minimum Gasteiger partial charge on any atom is -0.409 e. The molecule has 20 heavy (non-hydrogen) atoms. The minimum absolute atomic E-state index is 0.0598. The van der Waals surface area contributed by atoms with E-state index in [1.54, 1.807) is 0 Å². The van der Waals surface area contributed by atoms with E-state index in [0.717, 1.165) is 25.7 Å². The summed E-state index contributed by atoms with van der Waals surface area (Å²) in [5, 5.41) is 15.0. The molecule has 1 heterocycles. The Bertz CT molecular complexity index is 481. The van der Waals surface area contributed by atoms with E-state index in [1.807, 2.05) is 0 Å². The van der Waals surface area contributed by atoms with E-state index in [9.17, 15) is 4.79 Å². The highest BCUT2D eigenvalue weighted by Gasteiger charge is 2.37. The fourth-order valence-electron chi connectivity index (χ4n) is 2.58. The fourth-order valence-corrected chi connectivity index (χ4v) is 2.58. The Morgan fingerprint density at radius 2 is 1.85 bits per heavy atom. The van der Waals surface area contributed by atoms with Gasteiger partial charge in [-0.3, -0.25) is 4.79 Å². The first-order valence-corrected chi connectivity index (χ1v) is 6.73. The van der Waals surface area contributed by atoms with Gasteiger partial charge in [0.1, 0.15) is 11.9 Å². The average Bonchev–Trinajstić information content (AvgIpc) is 2.74. The van der Waals surface area contributed by atoms with Crippen LogP contribution in [0.25, 0.3) is 0 Å². The fraction of sp³-hybridized carbons (Fsp3) is 0.538. The molecule has 7 heteroatoms. The van der Waals surface area contributed by atoms with Crippen LogP contribution in [-0.4, -0.2) is 32.5 Å². The summed E-state index contributed by atoms with van der Waals surface area (Å²) in [6.07, 6.45) is 9.63. The Balaban J connectivity index is 2.22. The van der Waals surface area contributed by atoms with Gasteiger partial charge in [0.25, 0.3) is 5.91 Å². The summed E-state index contributed by atoms with van der Waals surface area (Å²) in [6.45, 7) is 0. The first kappa shape index (κ1) is 14.2. The Morgan fingerprint density at radius 3 is 2.40 bits per heavy atom. The molecule has 2 rings (SSSR count). The van der Waals surface area contributed by atoms with E-state index in [0.29, 0.717) is 18.4 Å². The van der Waals surface area contributed by atoms with Gasteiger partial charge in [0.05, 0.1) is 5.56 Å². The highest BCUT2D eigenvalue weighted by atomic mass is 16.4. The molecular weight excluding hydrogens is 258 g/mol. The number of oxime groups is 1. The molecule has 0 aliphatic heterocycles. The van der Waals surface area contributed by atoms with Gasteiger partial charge in [0, 0.05) is 12.4 Å². The quantitative estimate of drug-likeness (QED) is 0.251. The van der Waals surface area contributed by atoms with Crippen LogP contribution in [0.1, 0.15) is 48.9 Å². The zero-order chi connectivity index (χ0) is 14.4. The van der Waals surface area contributed by atoms with E-state index in [4.69, 9.17) is 10.9 Å². The molecular formula is C13H19N5O2. The van der Waals surface area contributed by atoms with Crippen molar-refractivity contribution < 1.29 is 10.0 Å². The number of nitrogens with zero attached hydrogens (tertiary/aromatic N) is 3. The number of carbonyl (C=O) groups excluding carboxylic acids is 1. The average molecular weight is 277 g/mol. The van der Waals surface area contributed by atoms with E-state index < -0.39 is 5.54 Å². The van der Waals surface area contributed by atoms with Crippen LogP contribution in [0.5, 0.6) is 0 Å². The molecule has 1 fully saturated rings.